The molecule has 132 valence electrons. The summed E-state index contributed by atoms with van der Waals surface area (Å²) in [6.45, 7) is 0. The van der Waals surface area contributed by atoms with Crippen LogP contribution in [0.15, 0.2) is 48.5 Å². The third kappa shape index (κ3) is 5.37. The number of amides is 1. The second-order valence-corrected chi connectivity index (χ2v) is 7.55. The third-order valence-electron chi connectivity index (χ3n) is 2.95. The number of para-hydroxylation sites is 2. The van der Waals surface area contributed by atoms with E-state index in [9.17, 15) is 14.9 Å². The van der Waals surface area contributed by atoms with Gasteiger partial charge in [-0.3, -0.25) is 14.9 Å². The van der Waals surface area contributed by atoms with Gasteiger partial charge in [0.25, 0.3) is 5.91 Å². The fourth-order valence-electron chi connectivity index (χ4n) is 1.84. The van der Waals surface area contributed by atoms with Crippen molar-refractivity contribution >= 4 is 58.0 Å². The molecule has 1 atom stereocenters. The van der Waals surface area contributed by atoms with E-state index in [-0.39, 0.29) is 17.0 Å². The number of benzene rings is 2. The van der Waals surface area contributed by atoms with Crippen LogP contribution < -0.4 is 10.1 Å². The average molecular weight is 424 g/mol. The summed E-state index contributed by atoms with van der Waals surface area (Å²) in [6, 6.07) is 11.6. The van der Waals surface area contributed by atoms with Gasteiger partial charge in [0.05, 0.1) is 4.92 Å². The largest absolute Gasteiger partial charge is 0.459 e. The lowest BCUT2D eigenvalue weighted by Gasteiger charge is -2.26. The standard InChI is InChI=1S/C15H10Cl4N2O4/c16-10-5-3-4-9(8-10)13(22)20-14(15(17,18)19)25-12-7-2-1-6-11(12)21(23)24/h1-8,14H,(H,20,22). The third-order valence-corrected chi connectivity index (χ3v) is 3.78. The number of carbonyl (C=O) groups excluding carboxylic acids is 1. The number of nitrogens with zero attached hydrogens (tertiary/aromatic N) is 1. The van der Waals surface area contributed by atoms with E-state index in [0.717, 1.165) is 0 Å². The molecule has 1 unspecified atom stereocenters. The summed E-state index contributed by atoms with van der Waals surface area (Å²) in [5, 5.41) is 13.8. The van der Waals surface area contributed by atoms with Crippen molar-refractivity contribution in [3.63, 3.8) is 0 Å². The van der Waals surface area contributed by atoms with Crippen LogP contribution in [0.25, 0.3) is 0 Å². The first kappa shape index (κ1) is 19.6. The zero-order chi connectivity index (χ0) is 18.6. The predicted octanol–water partition coefficient (Wildman–Crippen LogP) is 4.75. The maximum absolute atomic E-state index is 12.3. The Hall–Kier alpha value is -1.73. The lowest BCUT2D eigenvalue weighted by molar-refractivity contribution is -0.386. The number of hydrogen-bond acceptors (Lipinski definition) is 4. The Balaban J connectivity index is 2.26. The van der Waals surface area contributed by atoms with Gasteiger partial charge in [-0.25, -0.2) is 0 Å². The molecule has 0 aromatic heterocycles. The summed E-state index contributed by atoms with van der Waals surface area (Å²) in [4.78, 5) is 22.7. The number of alkyl halides is 3. The molecule has 0 saturated carbocycles. The topological polar surface area (TPSA) is 81.5 Å². The SMILES string of the molecule is O=C(NC(Oc1ccccc1[N+](=O)[O-])C(Cl)(Cl)Cl)c1cccc(Cl)c1. The van der Waals surface area contributed by atoms with Crippen molar-refractivity contribution in [2.45, 2.75) is 10.0 Å². The van der Waals surface area contributed by atoms with Gasteiger partial charge in [-0.05, 0) is 24.3 Å². The summed E-state index contributed by atoms with van der Waals surface area (Å²) >= 11 is 23.4. The zero-order valence-electron chi connectivity index (χ0n) is 12.3. The van der Waals surface area contributed by atoms with Crippen LogP contribution in [0, 0.1) is 10.1 Å². The molecule has 0 bridgehead atoms. The van der Waals surface area contributed by atoms with Gasteiger partial charge in [0, 0.05) is 16.7 Å². The van der Waals surface area contributed by atoms with Gasteiger partial charge < -0.3 is 10.1 Å². The molecule has 0 aliphatic heterocycles. The molecule has 2 aromatic rings. The van der Waals surface area contributed by atoms with E-state index in [1.54, 1.807) is 12.1 Å². The van der Waals surface area contributed by atoms with Gasteiger partial charge in [-0.2, -0.15) is 0 Å². The molecule has 25 heavy (non-hydrogen) atoms. The molecule has 0 radical (unpaired) electrons. The van der Waals surface area contributed by atoms with Crippen LogP contribution >= 0.6 is 46.4 Å². The number of nitro groups is 1. The molecule has 0 fully saturated rings. The summed E-state index contributed by atoms with van der Waals surface area (Å²) < 4.78 is 3.31. The summed E-state index contributed by atoms with van der Waals surface area (Å²) in [5.74, 6) is -0.785. The molecular formula is C15H10Cl4N2O4. The Kier molecular flexibility index (Phi) is 6.35. The van der Waals surface area contributed by atoms with Gasteiger partial charge in [-0.15, -0.1) is 0 Å². The van der Waals surface area contributed by atoms with E-state index < -0.39 is 20.9 Å². The van der Waals surface area contributed by atoms with Crippen LogP contribution in [-0.2, 0) is 0 Å². The summed E-state index contributed by atoms with van der Waals surface area (Å²) in [7, 11) is 0. The second kappa shape index (κ2) is 8.10. The fourth-order valence-corrected chi connectivity index (χ4v) is 2.33. The second-order valence-electron chi connectivity index (χ2n) is 4.75. The zero-order valence-corrected chi connectivity index (χ0v) is 15.3. The minimum absolute atomic E-state index is 0.157. The van der Waals surface area contributed by atoms with Gasteiger partial charge in [0.2, 0.25) is 10.0 Å². The molecule has 0 aliphatic rings. The molecule has 6 nitrogen and oxygen atoms in total. The number of ether oxygens (including phenoxy) is 1. The molecule has 0 spiro atoms. The van der Waals surface area contributed by atoms with Crippen LogP contribution in [0.3, 0.4) is 0 Å². The van der Waals surface area contributed by atoms with E-state index in [1.165, 1.54) is 36.4 Å². The van der Waals surface area contributed by atoms with Crippen LogP contribution in [0.1, 0.15) is 10.4 Å². The lowest BCUT2D eigenvalue weighted by Crippen LogP contribution is -2.47. The van der Waals surface area contributed by atoms with Crippen LogP contribution in [0.4, 0.5) is 5.69 Å². The molecule has 0 aliphatic carbocycles. The maximum atomic E-state index is 12.3. The Morgan fingerprint density at radius 3 is 2.44 bits per heavy atom. The van der Waals surface area contributed by atoms with E-state index >= 15 is 0 Å². The number of nitro benzene ring substituents is 1. The smallest absolute Gasteiger partial charge is 0.311 e. The number of halogens is 4. The van der Waals surface area contributed by atoms with Gasteiger partial charge in [-0.1, -0.05) is 64.6 Å². The van der Waals surface area contributed by atoms with Crippen molar-refractivity contribution in [2.24, 2.45) is 0 Å². The highest BCUT2D eigenvalue weighted by molar-refractivity contribution is 6.68. The van der Waals surface area contributed by atoms with E-state index in [4.69, 9.17) is 51.1 Å². The van der Waals surface area contributed by atoms with Gasteiger partial charge in [0.1, 0.15) is 0 Å². The van der Waals surface area contributed by atoms with E-state index in [1.807, 2.05) is 0 Å². The maximum Gasteiger partial charge on any atom is 0.311 e. The minimum atomic E-state index is -2.09. The van der Waals surface area contributed by atoms with Crippen molar-refractivity contribution < 1.29 is 14.5 Å². The van der Waals surface area contributed by atoms with Crippen LogP contribution in [0.2, 0.25) is 5.02 Å². The Labute approximate surface area is 162 Å². The average Bonchev–Trinajstić information content (AvgIpc) is 2.53. The highest BCUT2D eigenvalue weighted by Gasteiger charge is 2.37. The Bertz CT molecular complexity index is 795. The molecule has 0 saturated heterocycles. The molecule has 2 rings (SSSR count). The number of nitrogens with one attached hydrogen (secondary N) is 1. The predicted molar refractivity (Wildman–Crippen MR) is 96.7 cm³/mol. The van der Waals surface area contributed by atoms with Crippen molar-refractivity contribution in [1.29, 1.82) is 0 Å². The van der Waals surface area contributed by atoms with Gasteiger partial charge in [0.15, 0.2) is 5.75 Å². The molecular weight excluding hydrogens is 414 g/mol. The molecule has 10 heteroatoms. The van der Waals surface area contributed by atoms with Crippen molar-refractivity contribution in [2.75, 3.05) is 0 Å². The van der Waals surface area contributed by atoms with E-state index in [0.29, 0.717) is 5.02 Å². The summed E-state index contributed by atoms with van der Waals surface area (Å²) in [5.41, 5.74) is -0.128. The minimum Gasteiger partial charge on any atom is -0.459 e. The highest BCUT2D eigenvalue weighted by atomic mass is 35.6. The lowest BCUT2D eigenvalue weighted by atomic mass is 10.2. The van der Waals surface area contributed by atoms with Crippen LogP contribution in [0.5, 0.6) is 5.75 Å². The van der Waals surface area contributed by atoms with Crippen LogP contribution in [-0.4, -0.2) is 20.9 Å². The molecule has 1 N–H and O–H groups in total. The molecule has 0 heterocycles. The first-order valence-electron chi connectivity index (χ1n) is 6.71. The first-order chi connectivity index (χ1) is 11.7. The molecule has 1 amide bonds. The highest BCUT2D eigenvalue weighted by Crippen LogP contribution is 2.35. The van der Waals surface area contributed by atoms with Crippen molar-refractivity contribution in [3.05, 3.63) is 69.2 Å². The number of hydrogen-bond donors (Lipinski definition) is 1. The Morgan fingerprint density at radius 1 is 1.16 bits per heavy atom. The van der Waals surface area contributed by atoms with Crippen molar-refractivity contribution in [1.82, 2.24) is 5.32 Å². The van der Waals surface area contributed by atoms with Gasteiger partial charge >= 0.3 is 5.69 Å². The number of carbonyl (C=O) groups is 1. The Morgan fingerprint density at radius 2 is 1.84 bits per heavy atom. The van der Waals surface area contributed by atoms with Crippen molar-refractivity contribution in [3.8, 4) is 5.75 Å². The quantitative estimate of drug-likeness (QED) is 0.325. The monoisotopic (exact) mass is 422 g/mol. The first-order valence-corrected chi connectivity index (χ1v) is 8.23. The molecule has 2 aromatic carbocycles. The summed E-state index contributed by atoms with van der Waals surface area (Å²) in [6.07, 6.45) is -1.48. The number of rotatable bonds is 5. The normalized spacial score (nSPS) is 12.3. The fraction of sp³-hybridized carbons (Fsp3) is 0.133. The van der Waals surface area contributed by atoms with E-state index in [2.05, 4.69) is 5.32 Å².